The van der Waals surface area contributed by atoms with E-state index in [0.29, 0.717) is 6.04 Å². The Balaban J connectivity index is 1.74. The first-order valence-electron chi connectivity index (χ1n) is 8.13. The third-order valence-electron chi connectivity index (χ3n) is 4.59. The molecule has 116 valence electrons. The van der Waals surface area contributed by atoms with Crippen molar-refractivity contribution in [3.8, 4) is 0 Å². The number of hydrogen-bond donors (Lipinski definition) is 0. The fourth-order valence-electron chi connectivity index (χ4n) is 3.18. The number of fused-ring (bicyclic) bond motifs is 1. The van der Waals surface area contributed by atoms with Gasteiger partial charge in [-0.25, -0.2) is 0 Å². The molecule has 0 spiro atoms. The molecular weight excluding hydrogens is 336 g/mol. The highest BCUT2D eigenvalue weighted by Crippen LogP contribution is 2.29. The first-order valence-corrected chi connectivity index (χ1v) is 8.93. The predicted octanol–water partition coefficient (Wildman–Crippen LogP) is 4.92. The van der Waals surface area contributed by atoms with Gasteiger partial charge in [0.1, 0.15) is 0 Å². The van der Waals surface area contributed by atoms with Crippen LogP contribution in [0.1, 0.15) is 48.7 Å². The Labute approximate surface area is 141 Å². The molecule has 2 nitrogen and oxygen atoms in total. The molecule has 0 aliphatic carbocycles. The summed E-state index contributed by atoms with van der Waals surface area (Å²) in [5, 5.41) is 0. The molecule has 0 fully saturated rings. The topological polar surface area (TPSA) is 16.1 Å². The van der Waals surface area contributed by atoms with Gasteiger partial charge in [-0.3, -0.25) is 9.88 Å². The number of rotatable bonds is 4. The van der Waals surface area contributed by atoms with Gasteiger partial charge in [0, 0.05) is 35.5 Å². The third kappa shape index (κ3) is 3.41. The Morgan fingerprint density at radius 1 is 1.23 bits per heavy atom. The van der Waals surface area contributed by atoms with Gasteiger partial charge in [0.25, 0.3) is 0 Å². The summed E-state index contributed by atoms with van der Waals surface area (Å²) in [6.07, 6.45) is 5.42. The SMILES string of the molecule is CCCc1ccc([C@@H](C)N2CCc3ccc(Br)cc3C2)cn1. The normalized spacial score (nSPS) is 16.3. The van der Waals surface area contributed by atoms with Crippen molar-refractivity contribution in [3.63, 3.8) is 0 Å². The van der Waals surface area contributed by atoms with E-state index in [2.05, 4.69) is 76.2 Å². The van der Waals surface area contributed by atoms with E-state index in [0.717, 1.165) is 32.4 Å². The lowest BCUT2D eigenvalue weighted by Gasteiger charge is -2.34. The molecule has 2 heterocycles. The maximum atomic E-state index is 4.61. The second-order valence-electron chi connectivity index (χ2n) is 6.14. The van der Waals surface area contributed by atoms with Gasteiger partial charge >= 0.3 is 0 Å². The van der Waals surface area contributed by atoms with Crippen molar-refractivity contribution in [3.05, 3.63) is 63.4 Å². The van der Waals surface area contributed by atoms with Crippen LogP contribution in [-0.4, -0.2) is 16.4 Å². The van der Waals surface area contributed by atoms with E-state index in [4.69, 9.17) is 0 Å². The molecule has 0 bridgehead atoms. The maximum Gasteiger partial charge on any atom is 0.0403 e. The Morgan fingerprint density at radius 2 is 2.09 bits per heavy atom. The van der Waals surface area contributed by atoms with Crippen LogP contribution >= 0.6 is 15.9 Å². The number of hydrogen-bond acceptors (Lipinski definition) is 2. The van der Waals surface area contributed by atoms with Crippen molar-refractivity contribution in [2.24, 2.45) is 0 Å². The lowest BCUT2D eigenvalue weighted by Crippen LogP contribution is -2.32. The van der Waals surface area contributed by atoms with Gasteiger partial charge in [0.15, 0.2) is 0 Å². The predicted molar refractivity (Wildman–Crippen MR) is 94.9 cm³/mol. The minimum atomic E-state index is 0.412. The molecule has 0 amide bonds. The van der Waals surface area contributed by atoms with Crippen LogP contribution in [-0.2, 0) is 19.4 Å². The van der Waals surface area contributed by atoms with Crippen LogP contribution in [0.5, 0.6) is 0 Å². The fraction of sp³-hybridized carbons (Fsp3) is 0.421. The minimum Gasteiger partial charge on any atom is -0.292 e. The molecule has 1 aromatic carbocycles. The van der Waals surface area contributed by atoms with E-state index < -0.39 is 0 Å². The number of halogens is 1. The molecule has 1 atom stereocenters. The quantitative estimate of drug-likeness (QED) is 0.771. The van der Waals surface area contributed by atoms with Gasteiger partial charge < -0.3 is 0 Å². The van der Waals surface area contributed by atoms with E-state index in [1.807, 2.05) is 0 Å². The fourth-order valence-corrected chi connectivity index (χ4v) is 3.58. The van der Waals surface area contributed by atoms with Crippen molar-refractivity contribution in [2.45, 2.75) is 45.7 Å². The highest BCUT2D eigenvalue weighted by molar-refractivity contribution is 9.10. The van der Waals surface area contributed by atoms with Crippen molar-refractivity contribution in [1.29, 1.82) is 0 Å². The van der Waals surface area contributed by atoms with E-state index in [1.54, 1.807) is 0 Å². The van der Waals surface area contributed by atoms with Gasteiger partial charge in [-0.15, -0.1) is 0 Å². The number of aryl methyl sites for hydroxylation is 1. The Hall–Kier alpha value is -1.19. The molecule has 1 aromatic heterocycles. The van der Waals surface area contributed by atoms with Crippen LogP contribution in [0.3, 0.4) is 0 Å². The van der Waals surface area contributed by atoms with Crippen LogP contribution in [0.25, 0.3) is 0 Å². The van der Waals surface area contributed by atoms with Gasteiger partial charge in [0.2, 0.25) is 0 Å². The molecule has 0 saturated heterocycles. The average Bonchev–Trinajstić information content (AvgIpc) is 2.54. The van der Waals surface area contributed by atoms with Gasteiger partial charge in [-0.05, 0) is 54.7 Å². The molecule has 1 aliphatic heterocycles. The Morgan fingerprint density at radius 3 is 2.82 bits per heavy atom. The maximum absolute atomic E-state index is 4.61. The van der Waals surface area contributed by atoms with Gasteiger partial charge in [-0.2, -0.15) is 0 Å². The molecule has 2 aromatic rings. The summed E-state index contributed by atoms with van der Waals surface area (Å²) in [6, 6.07) is 11.5. The zero-order chi connectivity index (χ0) is 15.5. The standard InChI is InChI=1S/C19H23BrN2/c1-3-4-19-8-6-16(12-21-19)14(2)22-10-9-15-5-7-18(20)11-17(15)13-22/h5-8,11-12,14H,3-4,9-10,13H2,1-2H3/t14-/m1/s1. The monoisotopic (exact) mass is 358 g/mol. The van der Waals surface area contributed by atoms with E-state index in [9.17, 15) is 0 Å². The number of benzene rings is 1. The molecular formula is C19H23BrN2. The molecule has 3 rings (SSSR count). The number of nitrogens with zero attached hydrogens (tertiary/aromatic N) is 2. The molecule has 0 N–H and O–H groups in total. The van der Waals surface area contributed by atoms with Crippen molar-refractivity contribution in [2.75, 3.05) is 6.54 Å². The minimum absolute atomic E-state index is 0.412. The van der Waals surface area contributed by atoms with Gasteiger partial charge in [0.05, 0.1) is 0 Å². The summed E-state index contributed by atoms with van der Waals surface area (Å²) in [4.78, 5) is 7.16. The van der Waals surface area contributed by atoms with Crippen molar-refractivity contribution >= 4 is 15.9 Å². The van der Waals surface area contributed by atoms with Crippen molar-refractivity contribution in [1.82, 2.24) is 9.88 Å². The second kappa shape index (κ2) is 6.93. The number of aromatic nitrogens is 1. The highest BCUT2D eigenvalue weighted by Gasteiger charge is 2.22. The van der Waals surface area contributed by atoms with E-state index >= 15 is 0 Å². The zero-order valence-electron chi connectivity index (χ0n) is 13.3. The number of pyridine rings is 1. The Bertz CT molecular complexity index is 636. The molecule has 22 heavy (non-hydrogen) atoms. The first kappa shape index (κ1) is 15.7. The molecule has 0 saturated carbocycles. The molecule has 0 radical (unpaired) electrons. The van der Waals surface area contributed by atoms with Crippen LogP contribution in [0.15, 0.2) is 41.0 Å². The summed E-state index contributed by atoms with van der Waals surface area (Å²) < 4.78 is 1.17. The average molecular weight is 359 g/mol. The summed E-state index contributed by atoms with van der Waals surface area (Å²) in [7, 11) is 0. The third-order valence-corrected chi connectivity index (χ3v) is 5.09. The summed E-state index contributed by atoms with van der Waals surface area (Å²) in [6.45, 7) is 6.63. The van der Waals surface area contributed by atoms with Crippen molar-refractivity contribution < 1.29 is 0 Å². The summed E-state index contributed by atoms with van der Waals surface area (Å²) in [5.74, 6) is 0. The second-order valence-corrected chi connectivity index (χ2v) is 7.06. The van der Waals surface area contributed by atoms with E-state index in [1.165, 1.54) is 26.9 Å². The lowest BCUT2D eigenvalue weighted by atomic mass is 9.97. The van der Waals surface area contributed by atoms with Crippen LogP contribution in [0.4, 0.5) is 0 Å². The molecule has 3 heteroatoms. The molecule has 1 aliphatic rings. The summed E-state index contributed by atoms with van der Waals surface area (Å²) in [5.41, 5.74) is 5.45. The molecule has 0 unspecified atom stereocenters. The Kier molecular flexibility index (Phi) is 4.94. The zero-order valence-corrected chi connectivity index (χ0v) is 14.9. The first-order chi connectivity index (χ1) is 10.7. The lowest BCUT2D eigenvalue weighted by molar-refractivity contribution is 0.192. The van der Waals surface area contributed by atoms with Crippen LogP contribution in [0.2, 0.25) is 0 Å². The largest absolute Gasteiger partial charge is 0.292 e. The highest BCUT2D eigenvalue weighted by atomic mass is 79.9. The summed E-state index contributed by atoms with van der Waals surface area (Å²) >= 11 is 3.59. The van der Waals surface area contributed by atoms with E-state index in [-0.39, 0.29) is 0 Å². The van der Waals surface area contributed by atoms with Gasteiger partial charge in [-0.1, -0.05) is 41.4 Å². The van der Waals surface area contributed by atoms with Crippen LogP contribution < -0.4 is 0 Å². The smallest absolute Gasteiger partial charge is 0.0403 e. The van der Waals surface area contributed by atoms with Crippen LogP contribution in [0, 0.1) is 0 Å².